The molecule has 0 amide bonds. The number of rotatable bonds is 4. The van der Waals surface area contributed by atoms with Gasteiger partial charge in [0, 0.05) is 25.5 Å². The summed E-state index contributed by atoms with van der Waals surface area (Å²) in [4.78, 5) is 23.3. The summed E-state index contributed by atoms with van der Waals surface area (Å²) in [5, 5.41) is 9.63. The highest BCUT2D eigenvalue weighted by molar-refractivity contribution is 8.00. The summed E-state index contributed by atoms with van der Waals surface area (Å²) < 4.78 is 23.8. The molecule has 150 valence electrons. The van der Waals surface area contributed by atoms with Gasteiger partial charge in [0.05, 0.1) is 23.0 Å². The van der Waals surface area contributed by atoms with Crippen molar-refractivity contribution in [3.8, 4) is 5.75 Å². The molecule has 0 saturated carbocycles. The van der Waals surface area contributed by atoms with Crippen LogP contribution in [0.4, 0.5) is 0 Å². The Morgan fingerprint density at radius 2 is 2.00 bits per heavy atom. The van der Waals surface area contributed by atoms with Gasteiger partial charge in [-0.3, -0.25) is 9.59 Å². The van der Waals surface area contributed by atoms with Crippen LogP contribution in [0.15, 0.2) is 24.3 Å². The zero-order valence-electron chi connectivity index (χ0n) is 15.6. The maximum Gasteiger partial charge on any atom is 0.304 e. The summed E-state index contributed by atoms with van der Waals surface area (Å²) in [6.07, 6.45) is -0.159. The molecule has 7 atom stereocenters. The maximum atomic E-state index is 11.7. The van der Waals surface area contributed by atoms with E-state index in [0.717, 1.165) is 17.7 Å². The Balaban J connectivity index is 1.55. The van der Waals surface area contributed by atoms with Crippen molar-refractivity contribution in [3.63, 3.8) is 0 Å². The summed E-state index contributed by atoms with van der Waals surface area (Å²) in [5.74, 6) is 0.0818. The second-order valence-corrected chi connectivity index (χ2v) is 9.13. The van der Waals surface area contributed by atoms with Gasteiger partial charge >= 0.3 is 11.9 Å². The first kappa shape index (κ1) is 18.3. The van der Waals surface area contributed by atoms with Gasteiger partial charge < -0.3 is 24.1 Å². The number of ether oxygens (including phenoxy) is 4. The van der Waals surface area contributed by atoms with Crippen LogP contribution in [0.25, 0.3) is 0 Å². The number of carbonyl (C=O) groups is 2. The summed E-state index contributed by atoms with van der Waals surface area (Å²) >= 11 is 1.64. The highest BCUT2D eigenvalue weighted by atomic mass is 32.2. The minimum absolute atomic E-state index is 0.0927. The number of fused-ring (bicyclic) bond motifs is 2. The number of phenols is 1. The molecule has 4 saturated heterocycles. The molecule has 1 N–H and O–H groups in total. The third-order valence-corrected chi connectivity index (χ3v) is 8.13. The van der Waals surface area contributed by atoms with Gasteiger partial charge in [-0.1, -0.05) is 12.1 Å². The first-order valence-electron chi connectivity index (χ1n) is 9.41. The van der Waals surface area contributed by atoms with Gasteiger partial charge in [0.1, 0.15) is 17.8 Å². The summed E-state index contributed by atoms with van der Waals surface area (Å²) in [5.41, 5.74) is -0.193. The van der Waals surface area contributed by atoms with Gasteiger partial charge in [-0.25, -0.2) is 0 Å². The van der Waals surface area contributed by atoms with Gasteiger partial charge in [-0.15, -0.1) is 11.8 Å². The molecule has 1 spiro atoms. The number of phenolic OH excluding ortho intramolecular Hbond substituents is 1. The lowest BCUT2D eigenvalue weighted by Crippen LogP contribution is -2.54. The smallest absolute Gasteiger partial charge is 0.304 e. The van der Waals surface area contributed by atoms with Gasteiger partial charge in [0.2, 0.25) is 6.29 Å². The predicted octanol–water partition coefficient (Wildman–Crippen LogP) is 2.18. The minimum Gasteiger partial charge on any atom is -0.508 e. The fourth-order valence-electron chi connectivity index (χ4n) is 5.62. The molecule has 0 aliphatic carbocycles. The molecule has 7 nitrogen and oxygen atoms in total. The SMILES string of the molecule is CC(=O)OC[C@@]12[C@H]3[C@@H](OC(C)=O)O[C@@H]1SCC21C[C@H](c2ccc(O)cc2)[C@@H]3O1. The molecule has 4 fully saturated rings. The van der Waals surface area contributed by atoms with Crippen LogP contribution in [0, 0.1) is 11.3 Å². The third kappa shape index (κ3) is 2.31. The van der Waals surface area contributed by atoms with Crippen LogP contribution in [0.2, 0.25) is 0 Å². The molecule has 5 rings (SSSR count). The molecule has 1 unspecified atom stereocenters. The molecule has 28 heavy (non-hydrogen) atoms. The Bertz CT molecular complexity index is 826. The quantitative estimate of drug-likeness (QED) is 0.761. The zero-order valence-corrected chi connectivity index (χ0v) is 16.4. The summed E-state index contributed by atoms with van der Waals surface area (Å²) in [7, 11) is 0. The van der Waals surface area contributed by atoms with Crippen LogP contribution in [-0.4, -0.2) is 52.8 Å². The Morgan fingerprint density at radius 1 is 1.25 bits per heavy atom. The van der Waals surface area contributed by atoms with E-state index in [1.807, 2.05) is 12.1 Å². The van der Waals surface area contributed by atoms with Crippen LogP contribution in [0.1, 0.15) is 31.7 Å². The second kappa shape index (κ2) is 6.11. The van der Waals surface area contributed by atoms with E-state index in [0.29, 0.717) is 0 Å². The number of hydrogen-bond donors (Lipinski definition) is 1. The van der Waals surface area contributed by atoms with Gasteiger partial charge in [0.25, 0.3) is 0 Å². The fourth-order valence-corrected chi connectivity index (χ4v) is 7.42. The third-order valence-electron chi connectivity index (χ3n) is 6.66. The normalized spacial score (nSPS) is 42.4. The van der Waals surface area contributed by atoms with Crippen LogP contribution in [-0.2, 0) is 28.5 Å². The topological polar surface area (TPSA) is 91.3 Å². The molecule has 4 aliphatic heterocycles. The molecule has 0 aromatic heterocycles. The van der Waals surface area contributed by atoms with Crippen LogP contribution < -0.4 is 0 Å². The number of thioether (sulfide) groups is 1. The highest BCUT2D eigenvalue weighted by Gasteiger charge is 2.82. The lowest BCUT2D eigenvalue weighted by Gasteiger charge is -2.42. The standard InChI is InChI=1S/C20H22O7S/c1-10(21)24-8-20-15-16-14(12-3-5-13(23)6-4-12)7-19(20,27-16)9-28-18(20)26-17(15)25-11(2)22/h3-6,14-18,23H,7-9H2,1-2H3/t14-,15-,16+,17+,18-,19?,20-/m1/s1. The lowest BCUT2D eigenvalue weighted by molar-refractivity contribution is -0.180. The number of hydrogen-bond acceptors (Lipinski definition) is 8. The van der Waals surface area contributed by atoms with Crippen molar-refractivity contribution < 1.29 is 33.6 Å². The Hall–Kier alpha value is -1.77. The molecule has 4 heterocycles. The second-order valence-electron chi connectivity index (χ2n) is 8.08. The first-order chi connectivity index (χ1) is 13.4. The van der Waals surface area contributed by atoms with Crippen molar-refractivity contribution in [3.05, 3.63) is 29.8 Å². The molecular formula is C20H22O7S. The number of aromatic hydroxyl groups is 1. The predicted molar refractivity (Wildman–Crippen MR) is 98.5 cm³/mol. The lowest BCUT2D eigenvalue weighted by atomic mass is 9.58. The van der Waals surface area contributed by atoms with E-state index in [4.69, 9.17) is 18.9 Å². The van der Waals surface area contributed by atoms with Gasteiger partial charge in [-0.05, 0) is 24.1 Å². The van der Waals surface area contributed by atoms with Crippen molar-refractivity contribution >= 4 is 23.7 Å². The summed E-state index contributed by atoms with van der Waals surface area (Å²) in [6.45, 7) is 2.96. The average molecular weight is 406 g/mol. The molecule has 2 bridgehead atoms. The van der Waals surface area contributed by atoms with E-state index in [1.165, 1.54) is 13.8 Å². The molecular weight excluding hydrogens is 384 g/mol. The molecule has 0 radical (unpaired) electrons. The van der Waals surface area contributed by atoms with E-state index in [1.54, 1.807) is 23.9 Å². The Kier molecular flexibility index (Phi) is 3.99. The molecule has 1 aromatic carbocycles. The molecule has 1 aromatic rings. The number of benzene rings is 1. The largest absolute Gasteiger partial charge is 0.508 e. The van der Waals surface area contributed by atoms with E-state index in [-0.39, 0.29) is 41.7 Å². The van der Waals surface area contributed by atoms with Crippen molar-refractivity contribution in [2.45, 2.75) is 49.6 Å². The highest BCUT2D eigenvalue weighted by Crippen LogP contribution is 2.74. The fraction of sp³-hybridized carbons (Fsp3) is 0.600. The first-order valence-corrected chi connectivity index (χ1v) is 10.5. The number of carbonyl (C=O) groups excluding carboxylic acids is 2. The number of esters is 2. The average Bonchev–Trinajstić information content (AvgIpc) is 3.32. The van der Waals surface area contributed by atoms with Gasteiger partial charge in [0.15, 0.2) is 0 Å². The van der Waals surface area contributed by atoms with Crippen LogP contribution >= 0.6 is 11.8 Å². The zero-order chi connectivity index (χ0) is 19.7. The van der Waals surface area contributed by atoms with Crippen molar-refractivity contribution in [2.24, 2.45) is 11.3 Å². The van der Waals surface area contributed by atoms with E-state index >= 15 is 0 Å². The van der Waals surface area contributed by atoms with E-state index < -0.39 is 23.3 Å². The van der Waals surface area contributed by atoms with Gasteiger partial charge in [-0.2, -0.15) is 0 Å². The van der Waals surface area contributed by atoms with Crippen LogP contribution in [0.3, 0.4) is 0 Å². The van der Waals surface area contributed by atoms with Crippen molar-refractivity contribution in [1.29, 1.82) is 0 Å². The Labute approximate surface area is 166 Å². The monoisotopic (exact) mass is 406 g/mol. The van der Waals surface area contributed by atoms with Crippen molar-refractivity contribution in [1.82, 2.24) is 0 Å². The minimum atomic E-state index is -0.724. The van der Waals surface area contributed by atoms with Crippen LogP contribution in [0.5, 0.6) is 5.75 Å². The van der Waals surface area contributed by atoms with E-state index in [9.17, 15) is 14.7 Å². The summed E-state index contributed by atoms with van der Waals surface area (Å²) in [6, 6.07) is 7.16. The molecule has 4 aliphatic rings. The Morgan fingerprint density at radius 3 is 2.68 bits per heavy atom. The maximum absolute atomic E-state index is 11.7. The van der Waals surface area contributed by atoms with Crippen molar-refractivity contribution in [2.75, 3.05) is 12.4 Å². The molecule has 8 heteroatoms. The van der Waals surface area contributed by atoms with E-state index in [2.05, 4.69) is 0 Å².